The van der Waals surface area contributed by atoms with E-state index in [1.165, 1.54) is 18.4 Å². The van der Waals surface area contributed by atoms with E-state index < -0.39 is 10.0 Å². The zero-order valence-corrected chi connectivity index (χ0v) is 15.0. The van der Waals surface area contributed by atoms with Gasteiger partial charge in [-0.1, -0.05) is 6.07 Å². The highest BCUT2D eigenvalue weighted by atomic mass is 32.2. The molecule has 1 amide bonds. The fraction of sp³-hybridized carbons (Fsp3) is 0.562. The molecule has 7 heteroatoms. The van der Waals surface area contributed by atoms with Crippen LogP contribution in [0.5, 0.6) is 0 Å². The minimum atomic E-state index is -3.50. The Bertz CT molecular complexity index is 680. The summed E-state index contributed by atoms with van der Waals surface area (Å²) in [6.45, 7) is 5.18. The number of hydrogen-bond acceptors (Lipinski definition) is 4. The van der Waals surface area contributed by atoms with Gasteiger partial charge >= 0.3 is 0 Å². The van der Waals surface area contributed by atoms with Crippen molar-refractivity contribution in [2.24, 2.45) is 0 Å². The summed E-state index contributed by atoms with van der Waals surface area (Å²) in [5.74, 6) is 0.0556. The average Bonchev–Trinajstić information content (AvgIpc) is 3.02. The molecule has 0 saturated carbocycles. The molecule has 0 aromatic heterocycles. The van der Waals surface area contributed by atoms with E-state index in [-0.39, 0.29) is 16.8 Å². The van der Waals surface area contributed by atoms with Crippen LogP contribution in [-0.4, -0.2) is 56.8 Å². The van der Waals surface area contributed by atoms with E-state index in [0.29, 0.717) is 11.3 Å². The third-order valence-corrected chi connectivity index (χ3v) is 6.08. The lowest BCUT2D eigenvalue weighted by atomic mass is 10.2. The lowest BCUT2D eigenvalue weighted by Crippen LogP contribution is -2.39. The Balaban J connectivity index is 2.19. The Labute approximate surface area is 138 Å². The van der Waals surface area contributed by atoms with Crippen molar-refractivity contribution in [3.8, 4) is 0 Å². The highest BCUT2D eigenvalue weighted by Crippen LogP contribution is 2.23. The number of anilines is 1. The van der Waals surface area contributed by atoms with E-state index in [9.17, 15) is 13.2 Å². The number of rotatable bonds is 5. The zero-order chi connectivity index (χ0) is 17.2. The first kappa shape index (κ1) is 17.7. The topological polar surface area (TPSA) is 69.7 Å². The highest BCUT2D eigenvalue weighted by Gasteiger charge is 2.24. The van der Waals surface area contributed by atoms with E-state index in [0.717, 1.165) is 25.9 Å². The van der Waals surface area contributed by atoms with Crippen molar-refractivity contribution in [1.82, 2.24) is 9.21 Å². The van der Waals surface area contributed by atoms with Gasteiger partial charge in [0.05, 0.1) is 4.90 Å². The number of hydrogen-bond donors (Lipinski definition) is 1. The van der Waals surface area contributed by atoms with Crippen LogP contribution < -0.4 is 5.32 Å². The lowest BCUT2D eigenvalue weighted by Gasteiger charge is -2.22. The summed E-state index contributed by atoms with van der Waals surface area (Å²) in [6.07, 6.45) is 2.10. The molecule has 0 radical (unpaired) electrons. The number of nitrogens with one attached hydrogen (secondary N) is 1. The fourth-order valence-corrected chi connectivity index (χ4v) is 3.83. The zero-order valence-electron chi connectivity index (χ0n) is 14.2. The first-order valence-corrected chi connectivity index (χ1v) is 9.26. The van der Waals surface area contributed by atoms with Gasteiger partial charge in [-0.25, -0.2) is 12.7 Å². The molecule has 0 aliphatic carbocycles. The number of carbonyl (C=O) groups is 1. The molecule has 0 bridgehead atoms. The standard InChI is InChI=1S/C16H25N3O3S/c1-12-7-8-14(11-15(12)23(21,22)18(3)4)17-13(2)16(20)19-9-5-6-10-19/h7-8,11,13,17H,5-6,9-10H2,1-4H3/t13-/m0/s1. The van der Waals surface area contributed by atoms with Crippen LogP contribution >= 0.6 is 0 Å². The van der Waals surface area contributed by atoms with Gasteiger partial charge in [0, 0.05) is 32.9 Å². The predicted molar refractivity (Wildman–Crippen MR) is 91.0 cm³/mol. The summed E-state index contributed by atoms with van der Waals surface area (Å²) in [7, 11) is -0.487. The van der Waals surface area contributed by atoms with Gasteiger partial charge in [0.2, 0.25) is 15.9 Å². The molecule has 1 aromatic carbocycles. The van der Waals surface area contributed by atoms with Gasteiger partial charge in [-0.15, -0.1) is 0 Å². The number of nitrogens with zero attached hydrogens (tertiary/aromatic N) is 2. The van der Waals surface area contributed by atoms with E-state index >= 15 is 0 Å². The molecule has 1 aromatic rings. The second kappa shape index (κ2) is 6.88. The van der Waals surface area contributed by atoms with Crippen LogP contribution in [0.4, 0.5) is 5.69 Å². The van der Waals surface area contributed by atoms with Crippen molar-refractivity contribution in [2.75, 3.05) is 32.5 Å². The highest BCUT2D eigenvalue weighted by molar-refractivity contribution is 7.89. The molecule has 0 spiro atoms. The summed E-state index contributed by atoms with van der Waals surface area (Å²) in [4.78, 5) is 14.5. The molecule has 2 rings (SSSR count). The van der Waals surface area contributed by atoms with E-state index in [2.05, 4.69) is 5.32 Å². The molecule has 1 aliphatic heterocycles. The molecule has 128 valence electrons. The van der Waals surface area contributed by atoms with E-state index in [1.54, 1.807) is 32.0 Å². The second-order valence-corrected chi connectivity index (χ2v) is 8.29. The minimum Gasteiger partial charge on any atom is -0.374 e. The Hall–Kier alpha value is -1.60. The smallest absolute Gasteiger partial charge is 0.244 e. The largest absolute Gasteiger partial charge is 0.374 e. The van der Waals surface area contributed by atoms with Gasteiger partial charge < -0.3 is 10.2 Å². The average molecular weight is 339 g/mol. The summed E-state index contributed by atoms with van der Waals surface area (Å²) < 4.78 is 25.9. The number of carbonyl (C=O) groups excluding carboxylic acids is 1. The SMILES string of the molecule is Cc1ccc(N[C@@H](C)C(=O)N2CCCC2)cc1S(=O)(=O)N(C)C. The predicted octanol–water partition coefficient (Wildman–Crippen LogP) is 1.67. The maximum absolute atomic E-state index is 12.4. The van der Waals surface area contributed by atoms with Crippen molar-refractivity contribution in [1.29, 1.82) is 0 Å². The van der Waals surface area contributed by atoms with Crippen LogP contribution in [0.2, 0.25) is 0 Å². The van der Waals surface area contributed by atoms with Crippen LogP contribution in [0, 0.1) is 6.92 Å². The quantitative estimate of drug-likeness (QED) is 0.886. The number of benzene rings is 1. The van der Waals surface area contributed by atoms with Crippen molar-refractivity contribution in [2.45, 2.75) is 37.6 Å². The maximum atomic E-state index is 12.4. The summed E-state index contributed by atoms with van der Waals surface area (Å²) >= 11 is 0. The molecular formula is C16H25N3O3S. The second-order valence-electron chi connectivity index (χ2n) is 6.17. The third-order valence-electron chi connectivity index (χ3n) is 4.12. The fourth-order valence-electron chi connectivity index (χ4n) is 2.69. The van der Waals surface area contributed by atoms with Crippen LogP contribution in [0.25, 0.3) is 0 Å². The molecule has 23 heavy (non-hydrogen) atoms. The van der Waals surface area contributed by atoms with Crippen molar-refractivity contribution in [3.63, 3.8) is 0 Å². The van der Waals surface area contributed by atoms with Crippen molar-refractivity contribution < 1.29 is 13.2 Å². The third kappa shape index (κ3) is 3.84. The number of amides is 1. The van der Waals surface area contributed by atoms with Gasteiger partial charge in [-0.3, -0.25) is 4.79 Å². The van der Waals surface area contributed by atoms with Gasteiger partial charge in [0.25, 0.3) is 0 Å². The van der Waals surface area contributed by atoms with Gasteiger partial charge in [-0.2, -0.15) is 0 Å². The Morgan fingerprint density at radius 1 is 1.26 bits per heavy atom. The van der Waals surface area contributed by atoms with E-state index in [4.69, 9.17) is 0 Å². The monoisotopic (exact) mass is 339 g/mol. The van der Waals surface area contributed by atoms with Crippen LogP contribution in [0.15, 0.2) is 23.1 Å². The molecule has 1 saturated heterocycles. The van der Waals surface area contributed by atoms with Crippen LogP contribution in [0.1, 0.15) is 25.3 Å². The molecule has 0 unspecified atom stereocenters. The number of likely N-dealkylation sites (tertiary alicyclic amines) is 1. The Morgan fingerprint density at radius 3 is 2.43 bits per heavy atom. The molecule has 1 aliphatic rings. The van der Waals surface area contributed by atoms with Gasteiger partial charge in [0.1, 0.15) is 6.04 Å². The number of aryl methyl sites for hydroxylation is 1. The number of sulfonamides is 1. The molecule has 1 atom stereocenters. The molecule has 1 N–H and O–H groups in total. The summed E-state index contributed by atoms with van der Waals surface area (Å²) in [5, 5.41) is 3.12. The maximum Gasteiger partial charge on any atom is 0.244 e. The minimum absolute atomic E-state index is 0.0556. The Morgan fingerprint density at radius 2 is 1.87 bits per heavy atom. The molecule has 1 fully saturated rings. The molecule has 6 nitrogen and oxygen atoms in total. The Kier molecular flexibility index (Phi) is 5.31. The van der Waals surface area contributed by atoms with Crippen molar-refractivity contribution in [3.05, 3.63) is 23.8 Å². The molecular weight excluding hydrogens is 314 g/mol. The summed E-state index contributed by atoms with van der Waals surface area (Å²) in [5.41, 5.74) is 1.32. The van der Waals surface area contributed by atoms with E-state index in [1.807, 2.05) is 4.90 Å². The van der Waals surface area contributed by atoms with Crippen molar-refractivity contribution >= 4 is 21.6 Å². The normalized spacial score (nSPS) is 16.7. The van der Waals surface area contributed by atoms with Gasteiger partial charge in [-0.05, 0) is 44.4 Å². The van der Waals surface area contributed by atoms with Crippen LogP contribution in [-0.2, 0) is 14.8 Å². The summed E-state index contributed by atoms with van der Waals surface area (Å²) in [6, 6.07) is 4.77. The first-order chi connectivity index (χ1) is 10.7. The first-order valence-electron chi connectivity index (χ1n) is 7.82. The van der Waals surface area contributed by atoms with Crippen LogP contribution in [0.3, 0.4) is 0 Å². The van der Waals surface area contributed by atoms with Gasteiger partial charge in [0.15, 0.2) is 0 Å². The lowest BCUT2D eigenvalue weighted by molar-refractivity contribution is -0.130. The molecule has 1 heterocycles.